The fourth-order valence-electron chi connectivity index (χ4n) is 4.27. The Morgan fingerprint density at radius 2 is 1.71 bits per heavy atom. The predicted octanol–water partition coefficient (Wildman–Crippen LogP) is 5.69. The number of urea groups is 1. The number of hydrogen-bond acceptors (Lipinski definition) is 3. The lowest BCUT2D eigenvalue weighted by Gasteiger charge is -2.30. The van der Waals surface area contributed by atoms with Gasteiger partial charge in [0.1, 0.15) is 5.82 Å². The highest BCUT2D eigenvalue weighted by Crippen LogP contribution is 2.24. The van der Waals surface area contributed by atoms with E-state index in [1.807, 2.05) is 94.4 Å². The molecule has 6 nitrogen and oxygen atoms in total. The second-order valence-corrected chi connectivity index (χ2v) is 8.91. The van der Waals surface area contributed by atoms with Gasteiger partial charge in [0.05, 0.1) is 22.6 Å². The van der Waals surface area contributed by atoms with Crippen molar-refractivity contribution in [2.75, 3.05) is 6.54 Å². The van der Waals surface area contributed by atoms with Crippen LogP contribution in [-0.2, 0) is 6.54 Å². The molecule has 0 fully saturated rings. The maximum Gasteiger partial charge on any atom is 0.318 e. The van der Waals surface area contributed by atoms with E-state index in [2.05, 4.69) is 5.32 Å². The lowest BCUT2D eigenvalue weighted by molar-refractivity contribution is 0.175. The van der Waals surface area contributed by atoms with Crippen molar-refractivity contribution in [1.82, 2.24) is 19.8 Å². The summed E-state index contributed by atoms with van der Waals surface area (Å²) in [6.45, 7) is 9.02. The summed E-state index contributed by atoms with van der Waals surface area (Å²) in [4.78, 5) is 33.7. The van der Waals surface area contributed by atoms with E-state index < -0.39 is 6.04 Å². The minimum atomic E-state index is -0.426. The van der Waals surface area contributed by atoms with Crippen molar-refractivity contribution in [2.24, 2.45) is 0 Å². The van der Waals surface area contributed by atoms with Gasteiger partial charge in [-0.3, -0.25) is 9.36 Å². The fourth-order valence-corrected chi connectivity index (χ4v) is 4.27. The van der Waals surface area contributed by atoms with Crippen molar-refractivity contribution in [3.63, 3.8) is 0 Å². The molecule has 0 saturated heterocycles. The SMILES string of the molecule is CCCN(C(=O)NCc1ccccc1)C(C)c1nc2ccccc2c(=O)n1-c1ccc(C)c(C)c1. The van der Waals surface area contributed by atoms with Crippen LogP contribution in [0.1, 0.15) is 48.8 Å². The molecule has 1 heterocycles. The number of amides is 2. The van der Waals surface area contributed by atoms with Crippen LogP contribution in [0.5, 0.6) is 0 Å². The van der Waals surface area contributed by atoms with Gasteiger partial charge < -0.3 is 10.2 Å². The van der Waals surface area contributed by atoms with Crippen molar-refractivity contribution >= 4 is 16.9 Å². The molecule has 0 saturated carbocycles. The summed E-state index contributed by atoms with van der Waals surface area (Å²) in [6.07, 6.45) is 0.782. The summed E-state index contributed by atoms with van der Waals surface area (Å²) in [7, 11) is 0. The minimum Gasteiger partial charge on any atom is -0.334 e. The lowest BCUT2D eigenvalue weighted by atomic mass is 10.1. The number of carbonyl (C=O) groups excluding carboxylic acids is 1. The van der Waals surface area contributed by atoms with Crippen molar-refractivity contribution in [3.8, 4) is 5.69 Å². The number of aryl methyl sites for hydroxylation is 2. The third kappa shape index (κ3) is 5.11. The van der Waals surface area contributed by atoms with Crippen molar-refractivity contribution in [3.05, 3.63) is 106 Å². The zero-order valence-corrected chi connectivity index (χ0v) is 20.8. The van der Waals surface area contributed by atoms with Crippen LogP contribution in [0.15, 0.2) is 77.6 Å². The number of aromatic nitrogens is 2. The van der Waals surface area contributed by atoms with Crippen LogP contribution >= 0.6 is 0 Å². The minimum absolute atomic E-state index is 0.137. The molecule has 0 aliphatic carbocycles. The first kappa shape index (κ1) is 24.2. The Bertz CT molecular complexity index is 1400. The molecule has 4 aromatic rings. The maximum atomic E-state index is 13.7. The second-order valence-electron chi connectivity index (χ2n) is 8.91. The third-order valence-electron chi connectivity index (χ3n) is 6.40. The summed E-state index contributed by atoms with van der Waals surface area (Å²) < 4.78 is 1.66. The van der Waals surface area contributed by atoms with Gasteiger partial charge in [0.15, 0.2) is 0 Å². The molecule has 0 aliphatic heterocycles. The van der Waals surface area contributed by atoms with E-state index in [-0.39, 0.29) is 11.6 Å². The number of benzene rings is 3. The molecule has 180 valence electrons. The van der Waals surface area contributed by atoms with Gasteiger partial charge in [-0.05, 0) is 68.1 Å². The molecule has 1 atom stereocenters. The van der Waals surface area contributed by atoms with Gasteiger partial charge in [-0.2, -0.15) is 0 Å². The second kappa shape index (κ2) is 10.6. The highest BCUT2D eigenvalue weighted by molar-refractivity contribution is 5.78. The van der Waals surface area contributed by atoms with E-state index in [4.69, 9.17) is 4.98 Å². The molecule has 35 heavy (non-hydrogen) atoms. The Hall–Kier alpha value is -3.93. The summed E-state index contributed by atoms with van der Waals surface area (Å²) in [5.41, 5.74) is 4.51. The number of carbonyl (C=O) groups is 1. The average Bonchev–Trinajstić information content (AvgIpc) is 2.88. The summed E-state index contributed by atoms with van der Waals surface area (Å²) in [6, 6.07) is 22.5. The zero-order valence-electron chi connectivity index (χ0n) is 20.8. The van der Waals surface area contributed by atoms with E-state index >= 15 is 0 Å². The van der Waals surface area contributed by atoms with E-state index in [1.165, 1.54) is 0 Å². The van der Waals surface area contributed by atoms with Gasteiger partial charge in [0.25, 0.3) is 5.56 Å². The van der Waals surface area contributed by atoms with Gasteiger partial charge >= 0.3 is 6.03 Å². The number of nitrogens with zero attached hydrogens (tertiary/aromatic N) is 3. The molecule has 6 heteroatoms. The van der Waals surface area contributed by atoms with E-state index in [0.29, 0.717) is 29.8 Å². The van der Waals surface area contributed by atoms with E-state index in [1.54, 1.807) is 15.5 Å². The van der Waals surface area contributed by atoms with Gasteiger partial charge in [-0.25, -0.2) is 9.78 Å². The Labute approximate surface area is 206 Å². The molecule has 3 aromatic carbocycles. The largest absolute Gasteiger partial charge is 0.334 e. The van der Waals surface area contributed by atoms with E-state index in [0.717, 1.165) is 28.8 Å². The normalized spacial score (nSPS) is 11.9. The fraction of sp³-hybridized carbons (Fsp3) is 0.276. The standard InChI is InChI=1S/C29H32N4O2/c1-5-17-32(29(35)30-19-23-11-7-6-8-12-23)22(4)27-31-26-14-10-9-13-25(26)28(34)33(27)24-16-15-20(2)21(3)18-24/h6-16,18,22H,5,17,19H2,1-4H3,(H,30,35). The molecular formula is C29H32N4O2. The first-order valence-electron chi connectivity index (χ1n) is 12.1. The molecule has 1 N–H and O–H groups in total. The Morgan fingerprint density at radius 3 is 2.43 bits per heavy atom. The zero-order chi connectivity index (χ0) is 24.9. The Balaban J connectivity index is 1.78. The molecule has 0 bridgehead atoms. The highest BCUT2D eigenvalue weighted by atomic mass is 16.2. The number of fused-ring (bicyclic) bond motifs is 1. The van der Waals surface area contributed by atoms with Gasteiger partial charge in [0, 0.05) is 13.1 Å². The molecule has 1 aromatic heterocycles. The van der Waals surface area contributed by atoms with Crippen LogP contribution in [0.2, 0.25) is 0 Å². The molecule has 0 aliphatic rings. The monoisotopic (exact) mass is 468 g/mol. The van der Waals surface area contributed by atoms with Crippen LogP contribution in [0.25, 0.3) is 16.6 Å². The highest BCUT2D eigenvalue weighted by Gasteiger charge is 2.26. The van der Waals surface area contributed by atoms with Gasteiger partial charge in [-0.15, -0.1) is 0 Å². The van der Waals surface area contributed by atoms with E-state index in [9.17, 15) is 9.59 Å². The first-order valence-corrected chi connectivity index (χ1v) is 12.1. The van der Waals surface area contributed by atoms with Crippen LogP contribution in [0.4, 0.5) is 4.79 Å². The van der Waals surface area contributed by atoms with Crippen LogP contribution < -0.4 is 10.9 Å². The molecule has 0 spiro atoms. The molecule has 0 radical (unpaired) electrons. The maximum absolute atomic E-state index is 13.7. The van der Waals surface area contributed by atoms with Crippen LogP contribution in [-0.4, -0.2) is 27.0 Å². The molecular weight excluding hydrogens is 436 g/mol. The predicted molar refractivity (Wildman–Crippen MR) is 141 cm³/mol. The molecule has 2 amide bonds. The third-order valence-corrected chi connectivity index (χ3v) is 6.40. The molecule has 4 rings (SSSR count). The Kier molecular flexibility index (Phi) is 7.30. The summed E-state index contributed by atoms with van der Waals surface area (Å²) >= 11 is 0. The van der Waals surface area contributed by atoms with Crippen molar-refractivity contribution < 1.29 is 4.79 Å². The quantitative estimate of drug-likeness (QED) is 0.379. The van der Waals surface area contributed by atoms with Crippen LogP contribution in [0, 0.1) is 13.8 Å². The smallest absolute Gasteiger partial charge is 0.318 e. The van der Waals surface area contributed by atoms with Gasteiger partial charge in [0.2, 0.25) is 0 Å². The number of rotatable bonds is 7. The first-order chi connectivity index (χ1) is 16.9. The topological polar surface area (TPSA) is 67.2 Å². The summed E-state index contributed by atoms with van der Waals surface area (Å²) in [5, 5.41) is 3.59. The Morgan fingerprint density at radius 1 is 1.00 bits per heavy atom. The molecule has 1 unspecified atom stereocenters. The van der Waals surface area contributed by atoms with Crippen molar-refractivity contribution in [2.45, 2.75) is 46.7 Å². The van der Waals surface area contributed by atoms with Crippen molar-refractivity contribution in [1.29, 1.82) is 0 Å². The number of hydrogen-bond donors (Lipinski definition) is 1. The lowest BCUT2D eigenvalue weighted by Crippen LogP contribution is -2.43. The average molecular weight is 469 g/mol. The van der Waals surface area contributed by atoms with Gasteiger partial charge in [-0.1, -0.05) is 55.5 Å². The number of para-hydroxylation sites is 1. The van der Waals surface area contributed by atoms with Crippen LogP contribution in [0.3, 0.4) is 0 Å². The number of nitrogens with one attached hydrogen (secondary N) is 1. The summed E-state index contributed by atoms with van der Waals surface area (Å²) in [5.74, 6) is 0.542.